The molecule has 0 radical (unpaired) electrons. The maximum atomic E-state index is 5.88. The van der Waals surface area contributed by atoms with Gasteiger partial charge in [-0.2, -0.15) is 0 Å². The van der Waals surface area contributed by atoms with Crippen molar-refractivity contribution in [1.29, 1.82) is 0 Å². The average molecular weight is 231 g/mol. The van der Waals surface area contributed by atoms with Gasteiger partial charge in [0.1, 0.15) is 5.76 Å². The van der Waals surface area contributed by atoms with Crippen LogP contribution in [0.3, 0.4) is 0 Å². The molecule has 0 fully saturated rings. The third-order valence-corrected chi connectivity index (χ3v) is 2.52. The molecule has 0 aliphatic heterocycles. The van der Waals surface area contributed by atoms with E-state index >= 15 is 0 Å². The minimum absolute atomic E-state index is 0.372. The van der Waals surface area contributed by atoms with Crippen molar-refractivity contribution < 1.29 is 4.74 Å². The number of hydrogen-bond donors (Lipinski definition) is 0. The summed E-state index contributed by atoms with van der Waals surface area (Å²) in [5.41, 5.74) is 1.46. The molecular weight excluding hydrogens is 208 g/mol. The molecule has 0 bridgehead atoms. The van der Waals surface area contributed by atoms with Crippen LogP contribution in [0.4, 0.5) is 0 Å². The van der Waals surface area contributed by atoms with Gasteiger partial charge in [-0.1, -0.05) is 26.8 Å². The second-order valence-corrected chi connectivity index (χ2v) is 5.09. The van der Waals surface area contributed by atoms with Crippen LogP contribution in [0.25, 0.3) is 0 Å². The molecule has 0 aromatic carbocycles. The van der Waals surface area contributed by atoms with Crippen molar-refractivity contribution in [1.82, 2.24) is 0 Å². The fraction of sp³-hybridized carbons (Fsp3) is 0.692. The van der Waals surface area contributed by atoms with E-state index in [0.29, 0.717) is 11.3 Å². The summed E-state index contributed by atoms with van der Waals surface area (Å²) in [4.78, 5) is 0. The highest BCUT2D eigenvalue weighted by molar-refractivity contribution is 6.19. The summed E-state index contributed by atoms with van der Waals surface area (Å²) in [5, 5.41) is 0. The highest BCUT2D eigenvalue weighted by Crippen LogP contribution is 2.22. The van der Waals surface area contributed by atoms with Gasteiger partial charge in [0, 0.05) is 5.57 Å². The van der Waals surface area contributed by atoms with Crippen LogP contribution in [0.15, 0.2) is 23.5 Å². The van der Waals surface area contributed by atoms with Crippen LogP contribution >= 0.6 is 11.6 Å². The van der Waals surface area contributed by atoms with Gasteiger partial charge >= 0.3 is 0 Å². The molecule has 0 aliphatic rings. The maximum absolute atomic E-state index is 5.88. The van der Waals surface area contributed by atoms with E-state index in [0.717, 1.165) is 24.2 Å². The third-order valence-electron chi connectivity index (χ3n) is 2.23. The summed E-state index contributed by atoms with van der Waals surface area (Å²) in [5.74, 6) is 1.40. The average Bonchev–Trinajstić information content (AvgIpc) is 2.15. The van der Waals surface area contributed by atoms with Gasteiger partial charge in [-0.05, 0) is 31.3 Å². The normalized spacial score (nSPS) is 14.3. The Labute approximate surface area is 99.2 Å². The van der Waals surface area contributed by atoms with Gasteiger partial charge in [-0.15, -0.1) is 11.6 Å². The van der Waals surface area contributed by atoms with E-state index in [9.17, 15) is 0 Å². The summed E-state index contributed by atoms with van der Waals surface area (Å²) in [6, 6.07) is 0. The van der Waals surface area contributed by atoms with Crippen LogP contribution in [-0.4, -0.2) is 13.0 Å². The van der Waals surface area contributed by atoms with E-state index in [-0.39, 0.29) is 0 Å². The second-order valence-electron chi connectivity index (χ2n) is 4.82. The van der Waals surface area contributed by atoms with Gasteiger partial charge < -0.3 is 4.74 Å². The molecule has 0 aromatic rings. The van der Waals surface area contributed by atoms with E-state index in [1.165, 1.54) is 0 Å². The number of alkyl halides is 1. The van der Waals surface area contributed by atoms with E-state index in [2.05, 4.69) is 26.8 Å². The van der Waals surface area contributed by atoms with Gasteiger partial charge in [-0.25, -0.2) is 0 Å². The Morgan fingerprint density at radius 1 is 1.33 bits per heavy atom. The lowest BCUT2D eigenvalue weighted by Crippen LogP contribution is -2.04. The zero-order valence-corrected chi connectivity index (χ0v) is 11.3. The first-order valence-corrected chi connectivity index (χ1v) is 5.93. The Kier molecular flexibility index (Phi) is 6.75. The molecule has 0 unspecified atom stereocenters. The smallest absolute Gasteiger partial charge is 0.118 e. The van der Waals surface area contributed by atoms with Crippen LogP contribution in [-0.2, 0) is 4.74 Å². The molecule has 2 heteroatoms. The Morgan fingerprint density at radius 2 is 1.93 bits per heavy atom. The molecule has 88 valence electrons. The quantitative estimate of drug-likeness (QED) is 0.383. The van der Waals surface area contributed by atoms with Crippen molar-refractivity contribution in [3.05, 3.63) is 23.5 Å². The largest absolute Gasteiger partial charge is 0.497 e. The first kappa shape index (κ1) is 14.6. The van der Waals surface area contributed by atoms with Crippen molar-refractivity contribution in [3.63, 3.8) is 0 Å². The predicted molar refractivity (Wildman–Crippen MR) is 68.3 cm³/mol. The molecule has 0 amide bonds. The van der Waals surface area contributed by atoms with E-state index in [1.807, 2.05) is 13.0 Å². The van der Waals surface area contributed by atoms with Crippen LogP contribution in [0, 0.1) is 5.41 Å². The SMILES string of the molecule is CC=C(OC)C(=CCCC(C)(C)C)CCl. The monoisotopic (exact) mass is 230 g/mol. The van der Waals surface area contributed by atoms with Gasteiger partial charge in [0.15, 0.2) is 0 Å². The molecular formula is C13H23ClO. The summed E-state index contributed by atoms with van der Waals surface area (Å²) in [6.45, 7) is 8.69. The highest BCUT2D eigenvalue weighted by atomic mass is 35.5. The zero-order chi connectivity index (χ0) is 11.9. The number of methoxy groups -OCH3 is 1. The number of allylic oxidation sites excluding steroid dienone is 3. The molecule has 0 saturated carbocycles. The summed E-state index contributed by atoms with van der Waals surface area (Å²) < 4.78 is 5.24. The Hall–Kier alpha value is -0.430. The molecule has 15 heavy (non-hydrogen) atoms. The molecule has 0 N–H and O–H groups in total. The maximum Gasteiger partial charge on any atom is 0.118 e. The topological polar surface area (TPSA) is 9.23 Å². The highest BCUT2D eigenvalue weighted by Gasteiger charge is 2.09. The fourth-order valence-electron chi connectivity index (χ4n) is 1.33. The lowest BCUT2D eigenvalue weighted by molar-refractivity contribution is 0.299. The minimum Gasteiger partial charge on any atom is -0.497 e. The van der Waals surface area contributed by atoms with E-state index in [1.54, 1.807) is 7.11 Å². The molecule has 0 saturated heterocycles. The van der Waals surface area contributed by atoms with Crippen LogP contribution in [0.1, 0.15) is 40.5 Å². The number of hydrogen-bond acceptors (Lipinski definition) is 1. The fourth-order valence-corrected chi connectivity index (χ4v) is 1.58. The first-order chi connectivity index (χ1) is 6.94. The number of ether oxygens (including phenoxy) is 1. The van der Waals surface area contributed by atoms with E-state index in [4.69, 9.17) is 16.3 Å². The molecule has 0 spiro atoms. The summed E-state index contributed by atoms with van der Waals surface area (Å²) in [7, 11) is 1.68. The molecule has 0 rings (SSSR count). The summed E-state index contributed by atoms with van der Waals surface area (Å²) >= 11 is 5.88. The second kappa shape index (κ2) is 6.95. The predicted octanol–water partition coefficient (Wildman–Crippen LogP) is 4.53. The third kappa shape index (κ3) is 6.62. The Morgan fingerprint density at radius 3 is 2.27 bits per heavy atom. The standard InChI is InChI=1S/C13H23ClO/c1-6-12(15-5)11(10-14)8-7-9-13(2,3)4/h6,8H,7,9-10H2,1-5H3. The van der Waals surface area contributed by atoms with Crippen molar-refractivity contribution in [3.8, 4) is 0 Å². The van der Waals surface area contributed by atoms with Gasteiger partial charge in [-0.3, -0.25) is 0 Å². The lowest BCUT2D eigenvalue weighted by Gasteiger charge is -2.17. The minimum atomic E-state index is 0.372. The molecule has 0 aromatic heterocycles. The van der Waals surface area contributed by atoms with Crippen LogP contribution in [0.2, 0.25) is 0 Å². The van der Waals surface area contributed by atoms with Crippen molar-refractivity contribution in [2.24, 2.45) is 5.41 Å². The van der Waals surface area contributed by atoms with Crippen molar-refractivity contribution >= 4 is 11.6 Å². The molecule has 0 atom stereocenters. The number of halogens is 1. The van der Waals surface area contributed by atoms with Gasteiger partial charge in [0.25, 0.3) is 0 Å². The van der Waals surface area contributed by atoms with Gasteiger partial charge in [0.2, 0.25) is 0 Å². The van der Waals surface area contributed by atoms with E-state index < -0.39 is 0 Å². The molecule has 1 nitrogen and oxygen atoms in total. The Bertz CT molecular complexity index is 233. The number of rotatable bonds is 5. The summed E-state index contributed by atoms with van der Waals surface area (Å²) in [6.07, 6.45) is 6.34. The van der Waals surface area contributed by atoms with Crippen molar-refractivity contribution in [2.45, 2.75) is 40.5 Å². The first-order valence-electron chi connectivity index (χ1n) is 5.40. The van der Waals surface area contributed by atoms with Crippen LogP contribution in [0.5, 0.6) is 0 Å². The lowest BCUT2D eigenvalue weighted by atomic mass is 9.90. The van der Waals surface area contributed by atoms with Crippen molar-refractivity contribution in [2.75, 3.05) is 13.0 Å². The Balaban J connectivity index is 4.35. The van der Waals surface area contributed by atoms with Crippen LogP contribution < -0.4 is 0 Å². The molecule has 0 aliphatic carbocycles. The van der Waals surface area contributed by atoms with Gasteiger partial charge in [0.05, 0.1) is 13.0 Å². The molecule has 0 heterocycles. The zero-order valence-electron chi connectivity index (χ0n) is 10.6.